The minimum absolute atomic E-state index is 0.642. The summed E-state index contributed by atoms with van der Waals surface area (Å²) in [5.41, 5.74) is 4.60. The first kappa shape index (κ1) is 19.8. The van der Waals surface area contributed by atoms with Crippen LogP contribution in [-0.4, -0.2) is 13.3 Å². The number of aromatic nitrogens is 1. The second-order valence-corrected chi connectivity index (χ2v) is 6.25. The van der Waals surface area contributed by atoms with Crippen molar-refractivity contribution in [3.8, 4) is 17.5 Å². The van der Waals surface area contributed by atoms with E-state index < -0.39 is 0 Å². The highest BCUT2D eigenvalue weighted by molar-refractivity contribution is 5.89. The Balaban J connectivity index is 1.81. The standard InChI is InChI=1S/C25H22N3O/c1-3-5-21(12-15-27-23-8-10-25(29-2)11-9-23)22-13-16-28(17-14-22)24-7-4-6-20(18-24)19-26/h3-18H,1-2H3/q+1/b5-3-,21-12+,27-15+. The lowest BCUT2D eigenvalue weighted by atomic mass is 10.1. The molecule has 0 unspecified atom stereocenters. The van der Waals surface area contributed by atoms with Crippen LogP contribution in [0.1, 0.15) is 18.1 Å². The molecule has 2 aromatic carbocycles. The van der Waals surface area contributed by atoms with Crippen molar-refractivity contribution < 1.29 is 9.30 Å². The molecule has 0 spiro atoms. The Morgan fingerprint density at radius 2 is 1.83 bits per heavy atom. The number of pyridine rings is 1. The van der Waals surface area contributed by atoms with Crippen molar-refractivity contribution in [1.82, 2.24) is 0 Å². The lowest BCUT2D eigenvalue weighted by molar-refractivity contribution is -0.595. The van der Waals surface area contributed by atoms with E-state index in [4.69, 9.17) is 10.00 Å². The third kappa shape index (κ3) is 5.27. The summed E-state index contributed by atoms with van der Waals surface area (Å²) in [6.45, 7) is 1.99. The van der Waals surface area contributed by atoms with Crippen LogP contribution in [0.3, 0.4) is 0 Å². The van der Waals surface area contributed by atoms with Gasteiger partial charge in [0.15, 0.2) is 12.4 Å². The summed E-state index contributed by atoms with van der Waals surface area (Å²) in [6, 6.07) is 21.4. The van der Waals surface area contributed by atoms with Crippen LogP contribution in [-0.2, 0) is 0 Å². The van der Waals surface area contributed by atoms with Crippen LogP contribution in [0.5, 0.6) is 5.75 Å². The smallest absolute Gasteiger partial charge is 0.211 e. The monoisotopic (exact) mass is 380 g/mol. The Labute approximate surface area is 171 Å². The SMILES string of the molecule is C\C=C/C(=C\C=N\c1ccc(OC)cc1)c1cc[n+](-c2cccc(C#N)c2)cc1. The van der Waals surface area contributed by atoms with E-state index in [0.29, 0.717) is 5.56 Å². The highest BCUT2D eigenvalue weighted by atomic mass is 16.5. The van der Waals surface area contributed by atoms with Crippen molar-refractivity contribution in [2.45, 2.75) is 6.92 Å². The Morgan fingerprint density at radius 3 is 2.48 bits per heavy atom. The van der Waals surface area contributed by atoms with Gasteiger partial charge in [0.2, 0.25) is 5.69 Å². The predicted molar refractivity (Wildman–Crippen MR) is 117 cm³/mol. The molecule has 4 heteroatoms. The summed E-state index contributed by atoms with van der Waals surface area (Å²) >= 11 is 0. The molecule has 0 aliphatic carbocycles. The Kier molecular flexibility index (Phi) is 6.70. The van der Waals surface area contributed by atoms with Crippen LogP contribution in [0.2, 0.25) is 0 Å². The van der Waals surface area contributed by atoms with Crippen LogP contribution in [0.4, 0.5) is 5.69 Å². The van der Waals surface area contributed by atoms with Gasteiger partial charge in [-0.3, -0.25) is 4.99 Å². The fraction of sp³-hybridized carbons (Fsp3) is 0.0800. The maximum Gasteiger partial charge on any atom is 0.211 e. The molecule has 0 atom stereocenters. The number of benzene rings is 2. The fourth-order valence-electron chi connectivity index (χ4n) is 2.83. The van der Waals surface area contributed by atoms with Gasteiger partial charge < -0.3 is 4.74 Å². The number of ether oxygens (including phenoxy) is 1. The molecule has 0 bridgehead atoms. The first-order chi connectivity index (χ1) is 14.2. The minimum Gasteiger partial charge on any atom is -0.497 e. The Hall–Kier alpha value is -3.97. The van der Waals surface area contributed by atoms with Crippen LogP contribution in [0.25, 0.3) is 11.3 Å². The number of methoxy groups -OCH3 is 1. The van der Waals surface area contributed by atoms with Gasteiger partial charge in [0.25, 0.3) is 0 Å². The van der Waals surface area contributed by atoms with Gasteiger partial charge >= 0.3 is 0 Å². The van der Waals surface area contributed by atoms with Crippen LogP contribution in [0, 0.1) is 11.3 Å². The molecule has 0 radical (unpaired) electrons. The number of allylic oxidation sites excluding steroid dienone is 4. The molecule has 0 fully saturated rings. The number of hydrogen-bond acceptors (Lipinski definition) is 3. The summed E-state index contributed by atoms with van der Waals surface area (Å²) in [4.78, 5) is 4.49. The van der Waals surface area contributed by atoms with Crippen LogP contribution >= 0.6 is 0 Å². The summed E-state index contributed by atoms with van der Waals surface area (Å²) in [5, 5.41) is 9.08. The number of nitriles is 1. The summed E-state index contributed by atoms with van der Waals surface area (Å²) < 4.78 is 7.15. The maximum absolute atomic E-state index is 9.08. The molecule has 0 saturated heterocycles. The minimum atomic E-state index is 0.642. The Bertz CT molecular complexity index is 1090. The fourth-order valence-corrected chi connectivity index (χ4v) is 2.83. The van der Waals surface area contributed by atoms with Crippen molar-refractivity contribution in [3.05, 3.63) is 102 Å². The Morgan fingerprint density at radius 1 is 1.07 bits per heavy atom. The first-order valence-corrected chi connectivity index (χ1v) is 9.27. The van der Waals surface area contributed by atoms with E-state index in [9.17, 15) is 0 Å². The van der Waals surface area contributed by atoms with Gasteiger partial charge in [0.1, 0.15) is 5.75 Å². The summed E-state index contributed by atoms with van der Waals surface area (Å²) in [5.74, 6) is 0.812. The van der Waals surface area contributed by atoms with Gasteiger partial charge in [-0.05, 0) is 54.5 Å². The topological polar surface area (TPSA) is 49.3 Å². The molecule has 1 heterocycles. The van der Waals surface area contributed by atoms with E-state index in [2.05, 4.69) is 17.1 Å². The molecule has 142 valence electrons. The molecular weight excluding hydrogens is 358 g/mol. The number of rotatable bonds is 6. The maximum atomic E-state index is 9.08. The highest BCUT2D eigenvalue weighted by Crippen LogP contribution is 2.18. The van der Waals surface area contributed by atoms with Crippen molar-refractivity contribution in [1.29, 1.82) is 5.26 Å². The lowest BCUT2D eigenvalue weighted by Crippen LogP contribution is -2.29. The van der Waals surface area contributed by atoms with Crippen LogP contribution in [0.15, 0.2) is 96.3 Å². The number of nitrogens with zero attached hydrogens (tertiary/aromatic N) is 3. The first-order valence-electron chi connectivity index (χ1n) is 9.27. The van der Waals surface area contributed by atoms with Gasteiger partial charge in [0.05, 0.1) is 24.4 Å². The average molecular weight is 380 g/mol. The third-order valence-electron chi connectivity index (χ3n) is 4.33. The van der Waals surface area contributed by atoms with Crippen molar-refractivity contribution in [2.75, 3.05) is 7.11 Å². The predicted octanol–water partition coefficient (Wildman–Crippen LogP) is 5.21. The molecule has 0 amide bonds. The molecule has 29 heavy (non-hydrogen) atoms. The van der Waals surface area contributed by atoms with E-state index in [0.717, 1.165) is 28.3 Å². The summed E-state index contributed by atoms with van der Waals surface area (Å²) in [6.07, 6.45) is 11.8. The van der Waals surface area contributed by atoms with Gasteiger partial charge in [-0.2, -0.15) is 9.83 Å². The molecule has 3 rings (SSSR count). The second kappa shape index (κ2) is 9.82. The van der Waals surface area contributed by atoms with E-state index in [1.807, 2.05) is 90.6 Å². The second-order valence-electron chi connectivity index (χ2n) is 6.25. The third-order valence-corrected chi connectivity index (χ3v) is 4.33. The van der Waals surface area contributed by atoms with Gasteiger partial charge in [0, 0.05) is 30.5 Å². The van der Waals surface area contributed by atoms with E-state index in [1.54, 1.807) is 19.4 Å². The van der Waals surface area contributed by atoms with Crippen molar-refractivity contribution >= 4 is 17.5 Å². The van der Waals surface area contributed by atoms with E-state index in [-0.39, 0.29) is 0 Å². The van der Waals surface area contributed by atoms with Gasteiger partial charge in [-0.25, -0.2) is 0 Å². The zero-order valence-electron chi connectivity index (χ0n) is 16.5. The highest BCUT2D eigenvalue weighted by Gasteiger charge is 2.07. The van der Waals surface area contributed by atoms with Gasteiger partial charge in [-0.15, -0.1) is 0 Å². The molecule has 0 saturated carbocycles. The van der Waals surface area contributed by atoms with E-state index in [1.165, 1.54) is 0 Å². The molecule has 0 N–H and O–H groups in total. The molecule has 0 aliphatic heterocycles. The van der Waals surface area contributed by atoms with E-state index >= 15 is 0 Å². The summed E-state index contributed by atoms with van der Waals surface area (Å²) in [7, 11) is 1.65. The van der Waals surface area contributed by atoms with Crippen molar-refractivity contribution in [3.63, 3.8) is 0 Å². The van der Waals surface area contributed by atoms with Gasteiger partial charge in [-0.1, -0.05) is 18.2 Å². The normalized spacial score (nSPS) is 11.7. The number of hydrogen-bond donors (Lipinski definition) is 0. The van der Waals surface area contributed by atoms with Crippen molar-refractivity contribution in [2.24, 2.45) is 4.99 Å². The largest absolute Gasteiger partial charge is 0.497 e. The molecule has 0 aliphatic rings. The average Bonchev–Trinajstić information content (AvgIpc) is 2.79. The molecular formula is C25H22N3O+. The zero-order valence-corrected chi connectivity index (χ0v) is 16.5. The lowest BCUT2D eigenvalue weighted by Gasteiger charge is -2.02. The molecule has 1 aromatic heterocycles. The molecule has 4 nitrogen and oxygen atoms in total. The van der Waals surface area contributed by atoms with Crippen LogP contribution < -0.4 is 9.30 Å². The zero-order chi connectivity index (χ0) is 20.5. The quantitative estimate of drug-likeness (QED) is 0.335. The number of aliphatic imine (C=N–C) groups is 1. The molecule has 3 aromatic rings.